The predicted molar refractivity (Wildman–Crippen MR) is 61.3 cm³/mol. The quantitative estimate of drug-likeness (QED) is 0.600. The van der Waals surface area contributed by atoms with Crippen molar-refractivity contribution in [2.45, 2.75) is 25.9 Å². The minimum absolute atomic E-state index is 0.0442. The number of hydrogen-bond acceptors (Lipinski definition) is 4. The summed E-state index contributed by atoms with van der Waals surface area (Å²) in [5, 5.41) is 6.01. The van der Waals surface area contributed by atoms with Crippen LogP contribution in [-0.2, 0) is 14.3 Å². The van der Waals surface area contributed by atoms with Crippen molar-refractivity contribution < 1.29 is 14.3 Å². The van der Waals surface area contributed by atoms with Crippen molar-refractivity contribution in [1.82, 2.24) is 10.6 Å². The van der Waals surface area contributed by atoms with Gasteiger partial charge in [0.2, 0.25) is 5.91 Å². The maximum Gasteiger partial charge on any atom is 0.245 e. The molecular weight excluding hydrogens is 208 g/mol. The molecule has 1 unspecified atom stereocenters. The number of morpholine rings is 1. The van der Waals surface area contributed by atoms with Gasteiger partial charge in [0, 0.05) is 19.6 Å². The average Bonchev–Trinajstić information content (AvgIpc) is 2.31. The number of rotatable bonds is 7. The topological polar surface area (TPSA) is 59.6 Å². The van der Waals surface area contributed by atoms with Crippen molar-refractivity contribution in [3.05, 3.63) is 0 Å². The Bertz CT molecular complexity index is 194. The minimum Gasteiger partial charge on any atom is -0.373 e. The van der Waals surface area contributed by atoms with Gasteiger partial charge < -0.3 is 20.1 Å². The number of carbonyl (C=O) groups is 1. The highest BCUT2D eigenvalue weighted by Gasteiger charge is 2.13. The van der Waals surface area contributed by atoms with Crippen molar-refractivity contribution in [1.29, 1.82) is 0 Å². The number of unbranched alkanes of at least 4 members (excludes halogenated alkanes) is 1. The van der Waals surface area contributed by atoms with Gasteiger partial charge in [-0.3, -0.25) is 4.79 Å². The van der Waals surface area contributed by atoms with Crippen LogP contribution in [0.3, 0.4) is 0 Å². The van der Waals surface area contributed by atoms with Gasteiger partial charge in [0.05, 0.1) is 19.3 Å². The molecule has 1 amide bonds. The molecule has 5 heteroatoms. The first kappa shape index (κ1) is 13.4. The van der Waals surface area contributed by atoms with Gasteiger partial charge >= 0.3 is 0 Å². The number of ether oxygens (including phenoxy) is 2. The number of hydrogen-bond donors (Lipinski definition) is 2. The molecular formula is C11H22N2O3. The Kier molecular flexibility index (Phi) is 7.12. The molecule has 0 aromatic heterocycles. The van der Waals surface area contributed by atoms with Crippen LogP contribution in [0, 0.1) is 0 Å². The maximum atomic E-state index is 11.3. The van der Waals surface area contributed by atoms with Gasteiger partial charge in [-0.2, -0.15) is 0 Å². The van der Waals surface area contributed by atoms with Gasteiger partial charge in [-0.25, -0.2) is 0 Å². The summed E-state index contributed by atoms with van der Waals surface area (Å²) >= 11 is 0. The van der Waals surface area contributed by atoms with E-state index in [0.29, 0.717) is 6.61 Å². The van der Waals surface area contributed by atoms with Gasteiger partial charge in [-0.05, 0) is 6.42 Å². The van der Waals surface area contributed by atoms with Gasteiger partial charge in [0.15, 0.2) is 0 Å². The monoisotopic (exact) mass is 230 g/mol. The Morgan fingerprint density at radius 1 is 1.62 bits per heavy atom. The first-order valence-electron chi connectivity index (χ1n) is 5.99. The molecule has 16 heavy (non-hydrogen) atoms. The summed E-state index contributed by atoms with van der Waals surface area (Å²) < 4.78 is 10.7. The molecule has 2 N–H and O–H groups in total. The second-order valence-electron chi connectivity index (χ2n) is 3.92. The van der Waals surface area contributed by atoms with Crippen LogP contribution >= 0.6 is 0 Å². The Hall–Kier alpha value is -0.650. The first-order valence-corrected chi connectivity index (χ1v) is 5.99. The smallest absolute Gasteiger partial charge is 0.245 e. The van der Waals surface area contributed by atoms with Gasteiger partial charge in [-0.15, -0.1) is 0 Å². The molecule has 5 nitrogen and oxygen atoms in total. The number of amides is 1. The van der Waals surface area contributed by atoms with E-state index >= 15 is 0 Å². The molecule has 0 aromatic carbocycles. The lowest BCUT2D eigenvalue weighted by Crippen LogP contribution is -2.41. The van der Waals surface area contributed by atoms with Crippen molar-refractivity contribution in [2.75, 3.05) is 39.5 Å². The first-order chi connectivity index (χ1) is 7.83. The van der Waals surface area contributed by atoms with Crippen LogP contribution < -0.4 is 10.6 Å². The fraction of sp³-hybridized carbons (Fsp3) is 0.909. The third-order valence-electron chi connectivity index (χ3n) is 2.39. The van der Waals surface area contributed by atoms with E-state index in [9.17, 15) is 4.79 Å². The molecule has 0 aliphatic carbocycles. The number of carbonyl (C=O) groups excluding carboxylic acids is 1. The lowest BCUT2D eigenvalue weighted by molar-refractivity contribution is -0.127. The molecule has 1 rings (SSSR count). The zero-order valence-electron chi connectivity index (χ0n) is 9.96. The average molecular weight is 230 g/mol. The van der Waals surface area contributed by atoms with Gasteiger partial charge in [0.25, 0.3) is 0 Å². The molecule has 1 fully saturated rings. The van der Waals surface area contributed by atoms with E-state index in [-0.39, 0.29) is 18.6 Å². The van der Waals surface area contributed by atoms with E-state index in [4.69, 9.17) is 9.47 Å². The molecule has 0 bridgehead atoms. The molecule has 1 atom stereocenters. The Morgan fingerprint density at radius 2 is 2.50 bits per heavy atom. The highest BCUT2D eigenvalue weighted by atomic mass is 16.5. The van der Waals surface area contributed by atoms with E-state index in [1.807, 2.05) is 0 Å². The maximum absolute atomic E-state index is 11.3. The molecule has 1 aliphatic heterocycles. The fourth-order valence-electron chi connectivity index (χ4n) is 1.47. The zero-order chi connectivity index (χ0) is 11.6. The standard InChI is InChI=1S/C11H22N2O3/c1-2-3-4-13-11(14)9-15-8-10-7-12-5-6-16-10/h10,12H,2-9H2,1H3,(H,13,14). The van der Waals surface area contributed by atoms with E-state index in [0.717, 1.165) is 39.1 Å². The number of nitrogens with one attached hydrogen (secondary N) is 2. The summed E-state index contributed by atoms with van der Waals surface area (Å²) in [4.78, 5) is 11.3. The molecule has 1 saturated heterocycles. The third kappa shape index (κ3) is 6.05. The van der Waals surface area contributed by atoms with Crippen molar-refractivity contribution in [3.63, 3.8) is 0 Å². The van der Waals surface area contributed by atoms with Crippen LogP contribution in [0.1, 0.15) is 19.8 Å². The van der Waals surface area contributed by atoms with Crippen LogP contribution in [0.25, 0.3) is 0 Å². The summed E-state index contributed by atoms with van der Waals surface area (Å²) in [5.74, 6) is -0.0442. The Balaban J connectivity index is 1.94. The Labute approximate surface area is 96.9 Å². The van der Waals surface area contributed by atoms with Crippen LogP contribution in [0.2, 0.25) is 0 Å². The van der Waals surface area contributed by atoms with Gasteiger partial charge in [0.1, 0.15) is 6.61 Å². The molecule has 0 saturated carbocycles. The van der Waals surface area contributed by atoms with Crippen LogP contribution in [-0.4, -0.2) is 51.5 Å². The Morgan fingerprint density at radius 3 is 3.19 bits per heavy atom. The van der Waals surface area contributed by atoms with Crippen LogP contribution in [0.4, 0.5) is 0 Å². The van der Waals surface area contributed by atoms with E-state index in [1.165, 1.54) is 0 Å². The second kappa shape index (κ2) is 8.50. The molecule has 1 heterocycles. The molecule has 0 radical (unpaired) electrons. The SMILES string of the molecule is CCCCNC(=O)COCC1CNCCO1. The fourth-order valence-corrected chi connectivity index (χ4v) is 1.47. The third-order valence-corrected chi connectivity index (χ3v) is 2.39. The molecule has 94 valence electrons. The van der Waals surface area contributed by atoms with Crippen LogP contribution in [0.5, 0.6) is 0 Å². The molecule has 0 spiro atoms. The van der Waals surface area contributed by atoms with Gasteiger partial charge in [-0.1, -0.05) is 13.3 Å². The lowest BCUT2D eigenvalue weighted by atomic mass is 10.3. The molecule has 1 aliphatic rings. The summed E-state index contributed by atoms with van der Waals surface area (Å²) in [6.07, 6.45) is 2.18. The van der Waals surface area contributed by atoms with Crippen LogP contribution in [0.15, 0.2) is 0 Å². The lowest BCUT2D eigenvalue weighted by Gasteiger charge is -2.23. The summed E-state index contributed by atoms with van der Waals surface area (Å²) in [7, 11) is 0. The highest BCUT2D eigenvalue weighted by Crippen LogP contribution is 1.96. The summed E-state index contributed by atoms with van der Waals surface area (Å²) in [6.45, 7) is 5.86. The second-order valence-corrected chi connectivity index (χ2v) is 3.92. The zero-order valence-corrected chi connectivity index (χ0v) is 9.96. The summed E-state index contributed by atoms with van der Waals surface area (Å²) in [6, 6.07) is 0. The van der Waals surface area contributed by atoms with Crippen molar-refractivity contribution in [3.8, 4) is 0 Å². The minimum atomic E-state index is -0.0442. The highest BCUT2D eigenvalue weighted by molar-refractivity contribution is 5.77. The van der Waals surface area contributed by atoms with E-state index in [2.05, 4.69) is 17.6 Å². The predicted octanol–water partition coefficient (Wildman–Crippen LogP) is -0.0923. The van der Waals surface area contributed by atoms with Crippen molar-refractivity contribution >= 4 is 5.91 Å². The largest absolute Gasteiger partial charge is 0.373 e. The summed E-state index contributed by atoms with van der Waals surface area (Å²) in [5.41, 5.74) is 0. The van der Waals surface area contributed by atoms with E-state index in [1.54, 1.807) is 0 Å². The normalized spacial score (nSPS) is 20.7. The molecule has 0 aromatic rings. The van der Waals surface area contributed by atoms with E-state index < -0.39 is 0 Å². The van der Waals surface area contributed by atoms with Crippen molar-refractivity contribution in [2.24, 2.45) is 0 Å².